The summed E-state index contributed by atoms with van der Waals surface area (Å²) in [6, 6.07) is 1.04. The van der Waals surface area contributed by atoms with Crippen molar-refractivity contribution in [1.82, 2.24) is 0 Å². The van der Waals surface area contributed by atoms with E-state index < -0.39 is 0 Å². The second-order valence-corrected chi connectivity index (χ2v) is 5.74. The normalized spacial score (nSPS) is 13.2. The van der Waals surface area contributed by atoms with Crippen LogP contribution >= 0.6 is 23.2 Å². The van der Waals surface area contributed by atoms with Crippen molar-refractivity contribution in [2.45, 2.75) is 24.8 Å². The summed E-state index contributed by atoms with van der Waals surface area (Å²) in [5, 5.41) is 0. The Balaban J connectivity index is 3.04. The average molecular weight is 201 g/mol. The summed E-state index contributed by atoms with van der Waals surface area (Å²) < 4.78 is 5.36. The maximum atomic E-state index is 5.88. The van der Waals surface area contributed by atoms with Crippen molar-refractivity contribution < 1.29 is 4.43 Å². The van der Waals surface area contributed by atoms with E-state index in [0.717, 1.165) is 11.9 Å². The minimum atomic E-state index is -0.385. The van der Waals surface area contributed by atoms with E-state index in [2.05, 4.69) is 0 Å². The van der Waals surface area contributed by atoms with Gasteiger partial charge in [-0.3, -0.25) is 0 Å². The third kappa shape index (κ3) is 8.76. The molecule has 62 valence electrons. The smallest absolute Gasteiger partial charge is 0.162 e. The van der Waals surface area contributed by atoms with E-state index in [9.17, 15) is 0 Å². The minimum Gasteiger partial charge on any atom is -0.422 e. The lowest BCUT2D eigenvalue weighted by Crippen LogP contribution is -2.20. The molecule has 0 aromatic carbocycles. The predicted octanol–water partition coefficient (Wildman–Crippen LogP) is 1.76. The van der Waals surface area contributed by atoms with E-state index in [1.807, 2.05) is 13.8 Å². The number of rotatable bonds is 5. The van der Waals surface area contributed by atoms with Gasteiger partial charge in [0.1, 0.15) is 0 Å². The van der Waals surface area contributed by atoms with Gasteiger partial charge in [0.15, 0.2) is 9.76 Å². The van der Waals surface area contributed by atoms with Gasteiger partial charge in [-0.15, -0.1) is 23.2 Å². The van der Waals surface area contributed by atoms with E-state index >= 15 is 0 Å². The Morgan fingerprint density at radius 3 is 2.50 bits per heavy atom. The lowest BCUT2D eigenvalue weighted by molar-refractivity contribution is 0.299. The first-order valence-electron chi connectivity index (χ1n) is 3.39. The molecule has 0 saturated heterocycles. The molecule has 0 aromatic rings. The van der Waals surface area contributed by atoms with Crippen LogP contribution in [-0.4, -0.2) is 27.1 Å². The number of hydrogen-bond acceptors (Lipinski definition) is 1. The van der Waals surface area contributed by atoms with Gasteiger partial charge >= 0.3 is 0 Å². The molecule has 0 amide bonds. The number of hydrogen-bond donors (Lipinski definition) is 0. The molecule has 10 heavy (non-hydrogen) atoms. The van der Waals surface area contributed by atoms with Crippen molar-refractivity contribution in [1.29, 1.82) is 0 Å². The molecule has 0 atom stereocenters. The SMILES string of the molecule is CC(C)(Cl)CO[SiH2]CCCl. The van der Waals surface area contributed by atoms with E-state index in [-0.39, 0.29) is 14.6 Å². The Kier molecular flexibility index (Phi) is 5.82. The summed E-state index contributed by atoms with van der Waals surface area (Å²) in [4.78, 5) is -0.209. The highest BCUT2D eigenvalue weighted by atomic mass is 35.5. The Morgan fingerprint density at radius 1 is 1.50 bits per heavy atom. The fraction of sp³-hybridized carbons (Fsp3) is 1.00. The molecule has 0 bridgehead atoms. The molecule has 0 fully saturated rings. The van der Waals surface area contributed by atoms with Gasteiger partial charge in [0.2, 0.25) is 0 Å². The first kappa shape index (κ1) is 10.8. The molecule has 0 N–H and O–H groups in total. The third-order valence-corrected chi connectivity index (χ3v) is 2.83. The van der Waals surface area contributed by atoms with Crippen LogP contribution in [0.15, 0.2) is 0 Å². The maximum Gasteiger partial charge on any atom is 0.162 e. The highest BCUT2D eigenvalue weighted by Gasteiger charge is 2.11. The molecule has 0 radical (unpaired) electrons. The van der Waals surface area contributed by atoms with Gasteiger partial charge in [-0.2, -0.15) is 0 Å². The fourth-order valence-corrected chi connectivity index (χ4v) is 1.97. The summed E-state index contributed by atoms with van der Waals surface area (Å²) in [6.07, 6.45) is 0. The fourth-order valence-electron chi connectivity index (χ4n) is 0.471. The van der Waals surface area contributed by atoms with Gasteiger partial charge in [0.25, 0.3) is 0 Å². The largest absolute Gasteiger partial charge is 0.422 e. The molecule has 0 aliphatic carbocycles. The van der Waals surface area contributed by atoms with Gasteiger partial charge in [-0.25, -0.2) is 0 Å². The first-order valence-corrected chi connectivity index (χ1v) is 5.88. The van der Waals surface area contributed by atoms with Crippen LogP contribution in [0.3, 0.4) is 0 Å². The lowest BCUT2D eigenvalue weighted by atomic mass is 10.2. The van der Waals surface area contributed by atoms with Crippen LogP contribution in [0.1, 0.15) is 13.8 Å². The third-order valence-electron chi connectivity index (χ3n) is 0.868. The molecule has 0 aliphatic heterocycles. The average Bonchev–Trinajstić information content (AvgIpc) is 1.78. The van der Waals surface area contributed by atoms with E-state index in [0.29, 0.717) is 6.61 Å². The molecule has 0 saturated carbocycles. The lowest BCUT2D eigenvalue weighted by Gasteiger charge is -2.15. The highest BCUT2D eigenvalue weighted by molar-refractivity contribution is 6.31. The van der Waals surface area contributed by atoms with E-state index in [1.165, 1.54) is 0 Å². The molecule has 0 aliphatic rings. The topological polar surface area (TPSA) is 9.23 Å². The highest BCUT2D eigenvalue weighted by Crippen LogP contribution is 2.11. The van der Waals surface area contributed by atoms with Crippen molar-refractivity contribution in [3.8, 4) is 0 Å². The molecule has 0 spiro atoms. The number of alkyl halides is 2. The Labute approximate surface area is 75.0 Å². The van der Waals surface area contributed by atoms with Crippen molar-refractivity contribution >= 4 is 33.0 Å². The zero-order valence-corrected chi connectivity index (χ0v) is 9.42. The monoisotopic (exact) mass is 200 g/mol. The summed E-state index contributed by atoms with van der Waals surface area (Å²) in [6.45, 7) is 4.55. The van der Waals surface area contributed by atoms with E-state index in [1.54, 1.807) is 0 Å². The molecule has 0 aromatic heterocycles. The quantitative estimate of drug-likeness (QED) is 0.374. The van der Waals surface area contributed by atoms with Crippen LogP contribution in [0.4, 0.5) is 0 Å². The Morgan fingerprint density at radius 2 is 2.10 bits per heavy atom. The van der Waals surface area contributed by atoms with Crippen molar-refractivity contribution in [2.75, 3.05) is 12.5 Å². The van der Waals surface area contributed by atoms with Crippen LogP contribution in [0, 0.1) is 0 Å². The van der Waals surface area contributed by atoms with Crippen molar-refractivity contribution in [2.24, 2.45) is 0 Å². The molecule has 1 nitrogen and oxygen atoms in total. The Bertz CT molecular complexity index is 82.3. The molecule has 0 rings (SSSR count). The first-order chi connectivity index (χ1) is 4.56. The van der Waals surface area contributed by atoms with Crippen LogP contribution in [0.25, 0.3) is 0 Å². The molecule has 4 heteroatoms. The van der Waals surface area contributed by atoms with Crippen LogP contribution in [0.2, 0.25) is 6.04 Å². The van der Waals surface area contributed by atoms with Crippen molar-refractivity contribution in [3.63, 3.8) is 0 Å². The van der Waals surface area contributed by atoms with E-state index in [4.69, 9.17) is 27.6 Å². The second kappa shape index (κ2) is 5.41. The summed E-state index contributed by atoms with van der Waals surface area (Å²) in [5.74, 6) is 0.717. The second-order valence-electron chi connectivity index (χ2n) is 2.81. The Hall–Kier alpha value is 0.757. The summed E-state index contributed by atoms with van der Waals surface area (Å²) >= 11 is 11.3. The van der Waals surface area contributed by atoms with Crippen LogP contribution in [0.5, 0.6) is 0 Å². The van der Waals surface area contributed by atoms with Crippen molar-refractivity contribution in [3.05, 3.63) is 0 Å². The van der Waals surface area contributed by atoms with Gasteiger partial charge < -0.3 is 4.43 Å². The molecule has 0 heterocycles. The van der Waals surface area contributed by atoms with Gasteiger partial charge in [-0.05, 0) is 19.9 Å². The molecule has 0 unspecified atom stereocenters. The van der Waals surface area contributed by atoms with Gasteiger partial charge in [0, 0.05) is 5.88 Å². The van der Waals surface area contributed by atoms with Gasteiger partial charge in [-0.1, -0.05) is 0 Å². The zero-order chi connectivity index (χ0) is 8.04. The molecular weight excluding hydrogens is 187 g/mol. The van der Waals surface area contributed by atoms with Crippen LogP contribution < -0.4 is 0 Å². The van der Waals surface area contributed by atoms with Gasteiger partial charge in [0.05, 0.1) is 11.5 Å². The van der Waals surface area contributed by atoms with Crippen LogP contribution in [-0.2, 0) is 4.43 Å². The molecular formula is C6H14Cl2OSi. The maximum absolute atomic E-state index is 5.88. The standard InChI is InChI=1S/C6H14Cl2OSi/c1-6(2,8)5-9-10-4-3-7/h3-5,10H2,1-2H3. The zero-order valence-electron chi connectivity index (χ0n) is 6.49. The summed E-state index contributed by atoms with van der Waals surface area (Å²) in [7, 11) is -0.385. The summed E-state index contributed by atoms with van der Waals surface area (Å²) in [5.41, 5.74) is 0. The predicted molar refractivity (Wildman–Crippen MR) is 50.0 cm³/mol. The number of halogens is 2. The minimum absolute atomic E-state index is 0.209.